The van der Waals surface area contributed by atoms with Crippen molar-refractivity contribution in [2.45, 2.75) is 6.42 Å². The van der Waals surface area contributed by atoms with Gasteiger partial charge in [0.25, 0.3) is 0 Å². The van der Waals surface area contributed by atoms with Gasteiger partial charge in [-0.25, -0.2) is 9.67 Å². The van der Waals surface area contributed by atoms with Crippen LogP contribution in [0.2, 0.25) is 10.2 Å². The minimum atomic E-state index is 0.456. The van der Waals surface area contributed by atoms with E-state index in [0.29, 0.717) is 10.2 Å². The van der Waals surface area contributed by atoms with Gasteiger partial charge in [0.05, 0.1) is 10.7 Å². The summed E-state index contributed by atoms with van der Waals surface area (Å²) in [6.45, 7) is 0. The summed E-state index contributed by atoms with van der Waals surface area (Å²) in [5.74, 6) is 0. The van der Waals surface area contributed by atoms with Crippen LogP contribution >= 0.6 is 23.2 Å². The highest BCUT2D eigenvalue weighted by Crippen LogP contribution is 2.21. The van der Waals surface area contributed by atoms with Crippen LogP contribution in [0.25, 0.3) is 5.69 Å². The molecule has 0 aliphatic rings. The first-order chi connectivity index (χ1) is 9.72. The topological polar surface area (TPSA) is 30.7 Å². The van der Waals surface area contributed by atoms with E-state index in [2.05, 4.69) is 22.2 Å². The predicted molar refractivity (Wildman–Crippen MR) is 80.6 cm³/mol. The van der Waals surface area contributed by atoms with Gasteiger partial charge in [0, 0.05) is 18.6 Å². The van der Waals surface area contributed by atoms with Crippen LogP contribution in [-0.2, 0) is 6.42 Å². The van der Waals surface area contributed by atoms with Gasteiger partial charge in [-0.1, -0.05) is 35.3 Å². The lowest BCUT2D eigenvalue weighted by Gasteiger charge is -2.06. The molecule has 0 saturated heterocycles. The molecule has 3 rings (SSSR count). The third-order valence-corrected chi connectivity index (χ3v) is 3.55. The fourth-order valence-electron chi connectivity index (χ4n) is 1.99. The first-order valence-electron chi connectivity index (χ1n) is 6.11. The average molecular weight is 304 g/mol. The molecule has 2 aromatic heterocycles. The molecule has 0 amide bonds. The molecule has 20 heavy (non-hydrogen) atoms. The number of nitrogens with zero attached hydrogens (tertiary/aromatic N) is 3. The molecular formula is C15H11Cl2N3. The Bertz CT molecular complexity index is 706. The summed E-state index contributed by atoms with van der Waals surface area (Å²) >= 11 is 12.0. The van der Waals surface area contributed by atoms with Crippen molar-refractivity contribution in [3.63, 3.8) is 0 Å². The Kier molecular flexibility index (Phi) is 3.72. The first-order valence-corrected chi connectivity index (χ1v) is 6.87. The van der Waals surface area contributed by atoms with Crippen molar-refractivity contribution in [1.82, 2.24) is 14.8 Å². The van der Waals surface area contributed by atoms with Gasteiger partial charge < -0.3 is 0 Å². The molecule has 3 aromatic rings. The molecule has 0 atom stereocenters. The van der Waals surface area contributed by atoms with Crippen molar-refractivity contribution in [2.75, 3.05) is 0 Å². The summed E-state index contributed by atoms with van der Waals surface area (Å²) in [4.78, 5) is 3.95. The largest absolute Gasteiger partial charge is 0.243 e. The fraction of sp³-hybridized carbons (Fsp3) is 0.0667. The predicted octanol–water partition coefficient (Wildman–Crippen LogP) is 4.16. The highest BCUT2D eigenvalue weighted by atomic mass is 35.5. The first kappa shape index (κ1) is 13.2. The molecule has 100 valence electrons. The Hall–Kier alpha value is -1.84. The molecule has 0 radical (unpaired) electrons. The smallest absolute Gasteiger partial charge is 0.129 e. The lowest BCUT2D eigenvalue weighted by molar-refractivity contribution is 0.879. The lowest BCUT2D eigenvalue weighted by Crippen LogP contribution is -1.95. The van der Waals surface area contributed by atoms with Crippen molar-refractivity contribution in [3.05, 3.63) is 76.3 Å². The SMILES string of the molecule is Clc1cc(Cc2ccc(-n3cccn3)cc2)c(Cl)cn1. The zero-order valence-electron chi connectivity index (χ0n) is 10.5. The second kappa shape index (κ2) is 5.65. The van der Waals surface area contributed by atoms with E-state index in [-0.39, 0.29) is 0 Å². The number of benzene rings is 1. The van der Waals surface area contributed by atoms with Crippen molar-refractivity contribution in [1.29, 1.82) is 0 Å². The number of hydrogen-bond acceptors (Lipinski definition) is 2. The van der Waals surface area contributed by atoms with E-state index < -0.39 is 0 Å². The number of rotatable bonds is 3. The van der Waals surface area contributed by atoms with E-state index in [9.17, 15) is 0 Å². The second-order valence-corrected chi connectivity index (χ2v) is 5.19. The zero-order valence-corrected chi connectivity index (χ0v) is 12.0. The number of halogens is 2. The number of hydrogen-bond donors (Lipinski definition) is 0. The molecule has 0 fully saturated rings. The maximum atomic E-state index is 6.12. The summed E-state index contributed by atoms with van der Waals surface area (Å²) in [6.07, 6.45) is 5.97. The van der Waals surface area contributed by atoms with Crippen LogP contribution in [0.1, 0.15) is 11.1 Å². The Morgan fingerprint density at radius 3 is 2.60 bits per heavy atom. The molecule has 0 N–H and O–H groups in total. The Labute approximate surface area is 126 Å². The van der Waals surface area contributed by atoms with Gasteiger partial charge in [-0.15, -0.1) is 0 Å². The molecular weight excluding hydrogens is 293 g/mol. The molecule has 0 spiro atoms. The van der Waals surface area contributed by atoms with Gasteiger partial charge in [0.2, 0.25) is 0 Å². The summed E-state index contributed by atoms with van der Waals surface area (Å²) in [5, 5.41) is 5.28. The second-order valence-electron chi connectivity index (χ2n) is 4.39. The fourth-order valence-corrected chi connectivity index (χ4v) is 2.35. The Morgan fingerprint density at radius 2 is 1.90 bits per heavy atom. The van der Waals surface area contributed by atoms with Gasteiger partial charge in [0.1, 0.15) is 5.15 Å². The van der Waals surface area contributed by atoms with Gasteiger partial charge >= 0.3 is 0 Å². The Balaban J connectivity index is 1.83. The minimum absolute atomic E-state index is 0.456. The van der Waals surface area contributed by atoms with Gasteiger partial charge in [-0.2, -0.15) is 5.10 Å². The normalized spacial score (nSPS) is 10.7. The third kappa shape index (κ3) is 2.84. The van der Waals surface area contributed by atoms with E-state index in [4.69, 9.17) is 23.2 Å². The van der Waals surface area contributed by atoms with Gasteiger partial charge in [0.15, 0.2) is 0 Å². The lowest BCUT2D eigenvalue weighted by atomic mass is 10.1. The van der Waals surface area contributed by atoms with Crippen LogP contribution < -0.4 is 0 Å². The van der Waals surface area contributed by atoms with Crippen LogP contribution in [-0.4, -0.2) is 14.8 Å². The van der Waals surface area contributed by atoms with Crippen LogP contribution in [0, 0.1) is 0 Å². The minimum Gasteiger partial charge on any atom is -0.243 e. The summed E-state index contributed by atoms with van der Waals surface area (Å²) < 4.78 is 1.82. The summed E-state index contributed by atoms with van der Waals surface area (Å²) in [5.41, 5.74) is 3.15. The highest BCUT2D eigenvalue weighted by Gasteiger charge is 2.04. The monoisotopic (exact) mass is 303 g/mol. The Morgan fingerprint density at radius 1 is 1.10 bits per heavy atom. The quantitative estimate of drug-likeness (QED) is 0.680. The molecule has 5 heteroatoms. The molecule has 0 unspecified atom stereocenters. The van der Waals surface area contributed by atoms with Crippen molar-refractivity contribution >= 4 is 23.2 Å². The standard InChI is InChI=1S/C15H11Cl2N3/c16-14-10-18-15(17)9-12(14)8-11-2-4-13(5-3-11)20-7-1-6-19-20/h1-7,9-10H,8H2. The summed E-state index contributed by atoms with van der Waals surface area (Å²) in [7, 11) is 0. The molecule has 2 heterocycles. The maximum Gasteiger partial charge on any atom is 0.129 e. The summed E-state index contributed by atoms with van der Waals surface area (Å²) in [6, 6.07) is 11.9. The number of pyridine rings is 1. The van der Waals surface area contributed by atoms with Gasteiger partial charge in [-0.05, 0) is 41.8 Å². The third-order valence-electron chi connectivity index (χ3n) is 3.00. The molecule has 0 aliphatic carbocycles. The highest BCUT2D eigenvalue weighted by molar-refractivity contribution is 6.32. The van der Waals surface area contributed by atoms with Crippen molar-refractivity contribution in [2.24, 2.45) is 0 Å². The average Bonchev–Trinajstić information content (AvgIpc) is 2.98. The van der Waals surface area contributed by atoms with Gasteiger partial charge in [-0.3, -0.25) is 0 Å². The van der Waals surface area contributed by atoms with E-state index in [1.165, 1.54) is 0 Å². The van der Waals surface area contributed by atoms with E-state index >= 15 is 0 Å². The molecule has 0 saturated carbocycles. The van der Waals surface area contributed by atoms with Crippen molar-refractivity contribution < 1.29 is 0 Å². The molecule has 0 bridgehead atoms. The van der Waals surface area contributed by atoms with Crippen LogP contribution in [0.5, 0.6) is 0 Å². The van der Waals surface area contributed by atoms with Crippen LogP contribution in [0.3, 0.4) is 0 Å². The number of aromatic nitrogens is 3. The van der Waals surface area contributed by atoms with E-state index in [1.54, 1.807) is 18.5 Å². The molecule has 1 aromatic carbocycles. The van der Waals surface area contributed by atoms with Crippen LogP contribution in [0.4, 0.5) is 0 Å². The molecule has 3 nitrogen and oxygen atoms in total. The van der Waals surface area contributed by atoms with E-state index in [1.807, 2.05) is 29.1 Å². The zero-order chi connectivity index (χ0) is 13.9. The van der Waals surface area contributed by atoms with Crippen LogP contribution in [0.15, 0.2) is 55.0 Å². The maximum absolute atomic E-state index is 6.12. The van der Waals surface area contributed by atoms with Crippen molar-refractivity contribution in [3.8, 4) is 5.69 Å². The van der Waals surface area contributed by atoms with E-state index in [0.717, 1.165) is 23.2 Å². The molecule has 0 aliphatic heterocycles.